The van der Waals surface area contributed by atoms with E-state index in [1.807, 2.05) is 13.0 Å². The van der Waals surface area contributed by atoms with Crippen LogP contribution in [0.4, 0.5) is 5.69 Å². The summed E-state index contributed by atoms with van der Waals surface area (Å²) in [6.07, 6.45) is 1.59. The van der Waals surface area contributed by atoms with E-state index in [1.54, 1.807) is 30.5 Å². The summed E-state index contributed by atoms with van der Waals surface area (Å²) in [6.45, 7) is 2.32. The van der Waals surface area contributed by atoms with Crippen LogP contribution in [0.1, 0.15) is 11.5 Å². The van der Waals surface area contributed by atoms with Crippen LogP contribution in [0.2, 0.25) is 0 Å². The molecule has 0 saturated carbocycles. The highest BCUT2D eigenvalue weighted by Gasteiger charge is 2.13. The first-order valence-electron chi connectivity index (χ1n) is 6.12. The summed E-state index contributed by atoms with van der Waals surface area (Å²) in [5.41, 5.74) is 1.82. The molecule has 3 rings (SSSR count). The number of aromatic nitrogens is 2. The molecule has 0 saturated heterocycles. The van der Waals surface area contributed by atoms with Gasteiger partial charge in [0.15, 0.2) is 5.76 Å². The molecule has 0 atom stereocenters. The van der Waals surface area contributed by atoms with E-state index in [0.717, 1.165) is 11.3 Å². The molecular formula is C14H13N3O3. The molecule has 6 heteroatoms. The number of aromatic hydroxyl groups is 1. The third kappa shape index (κ3) is 2.49. The van der Waals surface area contributed by atoms with Crippen molar-refractivity contribution in [2.45, 2.75) is 13.5 Å². The third-order valence-electron chi connectivity index (χ3n) is 2.84. The van der Waals surface area contributed by atoms with Gasteiger partial charge in [-0.05, 0) is 42.8 Å². The molecule has 0 spiro atoms. The number of nitrogens with zero attached hydrogens (tertiary/aromatic N) is 2. The maximum atomic E-state index is 9.20. The Labute approximate surface area is 115 Å². The molecule has 0 radical (unpaired) electrons. The Bertz CT molecular complexity index is 701. The zero-order chi connectivity index (χ0) is 13.9. The normalized spacial score (nSPS) is 10.7. The molecule has 0 aliphatic rings. The van der Waals surface area contributed by atoms with Crippen molar-refractivity contribution in [1.29, 1.82) is 0 Å². The summed E-state index contributed by atoms with van der Waals surface area (Å²) in [6, 6.07) is 8.59. The van der Waals surface area contributed by atoms with E-state index in [0.29, 0.717) is 24.0 Å². The molecule has 0 fully saturated rings. The van der Waals surface area contributed by atoms with Crippen LogP contribution in [0, 0.1) is 6.92 Å². The van der Waals surface area contributed by atoms with Gasteiger partial charge in [0, 0.05) is 5.69 Å². The highest BCUT2D eigenvalue weighted by atomic mass is 16.5. The van der Waals surface area contributed by atoms with Crippen molar-refractivity contribution in [2.75, 3.05) is 5.32 Å². The summed E-state index contributed by atoms with van der Waals surface area (Å²) in [5.74, 6) is 1.74. The number of aryl methyl sites for hydroxylation is 1. The minimum absolute atomic E-state index is 0.226. The van der Waals surface area contributed by atoms with Gasteiger partial charge in [0.25, 0.3) is 0 Å². The molecule has 2 aromatic heterocycles. The SMILES string of the molecule is Cc1ccoc1-c1noc(CNc2ccc(O)cc2)n1. The van der Waals surface area contributed by atoms with Crippen LogP contribution in [-0.4, -0.2) is 15.2 Å². The van der Waals surface area contributed by atoms with Gasteiger partial charge in [-0.3, -0.25) is 0 Å². The lowest BCUT2D eigenvalue weighted by Gasteiger charge is -2.02. The molecule has 0 amide bonds. The smallest absolute Gasteiger partial charge is 0.246 e. The van der Waals surface area contributed by atoms with E-state index in [2.05, 4.69) is 15.5 Å². The van der Waals surface area contributed by atoms with Gasteiger partial charge in [0.2, 0.25) is 11.7 Å². The van der Waals surface area contributed by atoms with Gasteiger partial charge in [0.05, 0.1) is 12.8 Å². The van der Waals surface area contributed by atoms with E-state index >= 15 is 0 Å². The Kier molecular flexibility index (Phi) is 3.12. The largest absolute Gasteiger partial charge is 0.508 e. The summed E-state index contributed by atoms with van der Waals surface area (Å²) >= 11 is 0. The molecular weight excluding hydrogens is 258 g/mol. The molecule has 20 heavy (non-hydrogen) atoms. The van der Waals surface area contributed by atoms with E-state index in [9.17, 15) is 5.11 Å². The number of hydrogen-bond acceptors (Lipinski definition) is 6. The Morgan fingerprint density at radius 3 is 2.70 bits per heavy atom. The number of nitrogens with one attached hydrogen (secondary N) is 1. The van der Waals surface area contributed by atoms with E-state index in [1.165, 1.54) is 0 Å². The summed E-state index contributed by atoms with van der Waals surface area (Å²) < 4.78 is 10.5. The van der Waals surface area contributed by atoms with Crippen molar-refractivity contribution >= 4 is 5.69 Å². The lowest BCUT2D eigenvalue weighted by Crippen LogP contribution is -1.99. The topological polar surface area (TPSA) is 84.3 Å². The van der Waals surface area contributed by atoms with Gasteiger partial charge in [-0.15, -0.1) is 0 Å². The van der Waals surface area contributed by atoms with Crippen molar-refractivity contribution in [1.82, 2.24) is 10.1 Å². The van der Waals surface area contributed by atoms with Crippen LogP contribution < -0.4 is 5.32 Å². The number of hydrogen-bond donors (Lipinski definition) is 2. The van der Waals surface area contributed by atoms with Crippen molar-refractivity contribution < 1.29 is 14.0 Å². The molecule has 6 nitrogen and oxygen atoms in total. The molecule has 0 bridgehead atoms. The second kappa shape index (κ2) is 5.08. The number of phenolic OH excluding ortho intramolecular Hbond substituents is 1. The monoisotopic (exact) mass is 271 g/mol. The Balaban J connectivity index is 1.69. The van der Waals surface area contributed by atoms with E-state index in [4.69, 9.17) is 8.94 Å². The molecule has 2 N–H and O–H groups in total. The van der Waals surface area contributed by atoms with Gasteiger partial charge < -0.3 is 19.4 Å². The van der Waals surface area contributed by atoms with Gasteiger partial charge in [0.1, 0.15) is 5.75 Å². The van der Waals surface area contributed by atoms with Gasteiger partial charge in [-0.1, -0.05) is 5.16 Å². The van der Waals surface area contributed by atoms with Crippen molar-refractivity contribution in [3.63, 3.8) is 0 Å². The maximum absolute atomic E-state index is 9.20. The minimum atomic E-state index is 0.226. The summed E-state index contributed by atoms with van der Waals surface area (Å²) in [4.78, 5) is 4.26. The second-order valence-corrected chi connectivity index (χ2v) is 4.34. The van der Waals surface area contributed by atoms with Crippen LogP contribution in [0.25, 0.3) is 11.6 Å². The zero-order valence-corrected chi connectivity index (χ0v) is 10.8. The highest BCUT2D eigenvalue weighted by molar-refractivity contribution is 5.51. The first-order chi connectivity index (χ1) is 9.72. The fourth-order valence-electron chi connectivity index (χ4n) is 1.78. The molecule has 0 aliphatic carbocycles. The van der Waals surface area contributed by atoms with Crippen molar-refractivity contribution in [3.8, 4) is 17.3 Å². The van der Waals surface area contributed by atoms with Crippen LogP contribution in [0.15, 0.2) is 45.5 Å². The first-order valence-corrected chi connectivity index (χ1v) is 6.12. The Hall–Kier alpha value is -2.76. The minimum Gasteiger partial charge on any atom is -0.508 e. The highest BCUT2D eigenvalue weighted by Crippen LogP contribution is 2.21. The zero-order valence-electron chi connectivity index (χ0n) is 10.8. The molecule has 2 heterocycles. The molecule has 1 aromatic carbocycles. The third-order valence-corrected chi connectivity index (χ3v) is 2.84. The molecule has 3 aromatic rings. The van der Waals surface area contributed by atoms with E-state index in [-0.39, 0.29) is 5.75 Å². The molecule has 0 aliphatic heterocycles. The number of furan rings is 1. The van der Waals surface area contributed by atoms with Gasteiger partial charge in [-0.2, -0.15) is 4.98 Å². The number of anilines is 1. The first kappa shape index (κ1) is 12.3. The lowest BCUT2D eigenvalue weighted by molar-refractivity contribution is 0.382. The standard InChI is InChI=1S/C14H13N3O3/c1-9-6-7-19-13(9)14-16-12(20-17-14)8-15-10-2-4-11(18)5-3-10/h2-7,15,18H,8H2,1H3. The summed E-state index contributed by atoms with van der Waals surface area (Å²) in [7, 11) is 0. The molecule has 0 unspecified atom stereocenters. The van der Waals surface area contributed by atoms with Crippen LogP contribution in [-0.2, 0) is 6.54 Å². The average Bonchev–Trinajstić information content (AvgIpc) is 3.06. The number of rotatable bonds is 4. The molecule has 102 valence electrons. The fraction of sp³-hybridized carbons (Fsp3) is 0.143. The lowest BCUT2D eigenvalue weighted by atomic mass is 10.3. The van der Waals surface area contributed by atoms with Crippen molar-refractivity contribution in [2.24, 2.45) is 0 Å². The predicted molar refractivity (Wildman–Crippen MR) is 72.2 cm³/mol. The van der Waals surface area contributed by atoms with Gasteiger partial charge >= 0.3 is 0 Å². The number of phenols is 1. The predicted octanol–water partition coefficient (Wildman–Crippen LogP) is 2.96. The van der Waals surface area contributed by atoms with Crippen molar-refractivity contribution in [3.05, 3.63) is 48.0 Å². The quantitative estimate of drug-likeness (QED) is 0.710. The number of benzene rings is 1. The Morgan fingerprint density at radius 1 is 1.20 bits per heavy atom. The van der Waals surface area contributed by atoms with Crippen LogP contribution >= 0.6 is 0 Å². The van der Waals surface area contributed by atoms with Gasteiger partial charge in [-0.25, -0.2) is 0 Å². The summed E-state index contributed by atoms with van der Waals surface area (Å²) in [5, 5.41) is 16.2. The average molecular weight is 271 g/mol. The van der Waals surface area contributed by atoms with Crippen LogP contribution in [0.3, 0.4) is 0 Å². The second-order valence-electron chi connectivity index (χ2n) is 4.34. The van der Waals surface area contributed by atoms with Crippen LogP contribution in [0.5, 0.6) is 5.75 Å². The Morgan fingerprint density at radius 2 is 2.00 bits per heavy atom. The van der Waals surface area contributed by atoms with E-state index < -0.39 is 0 Å². The fourth-order valence-corrected chi connectivity index (χ4v) is 1.78. The maximum Gasteiger partial charge on any atom is 0.246 e.